The first-order valence-corrected chi connectivity index (χ1v) is 10.9. The Bertz CT molecular complexity index is 733. The van der Waals surface area contributed by atoms with Crippen molar-refractivity contribution >= 4 is 39.3 Å². The molecule has 1 aliphatic rings. The lowest BCUT2D eigenvalue weighted by Crippen LogP contribution is -2.53. The molecular formula is C17H25Cl2N3O3S. The molecule has 1 aliphatic heterocycles. The Hall–Kier alpha value is -1.02. The number of carbonyl (C=O) groups excluding carboxylic acids is 1. The molecule has 1 heterocycles. The molecule has 2 rings (SSSR count). The van der Waals surface area contributed by atoms with Gasteiger partial charge in [0.1, 0.15) is 4.90 Å². The highest BCUT2D eigenvalue weighted by molar-refractivity contribution is 7.89. The van der Waals surface area contributed by atoms with Gasteiger partial charge in [0.15, 0.2) is 0 Å². The van der Waals surface area contributed by atoms with E-state index in [0.717, 1.165) is 12.8 Å². The second kappa shape index (κ2) is 9.26. The van der Waals surface area contributed by atoms with Crippen LogP contribution in [0.3, 0.4) is 0 Å². The number of nitrogens with one attached hydrogen (secondary N) is 1. The molecule has 1 N–H and O–H groups in total. The van der Waals surface area contributed by atoms with Crippen LogP contribution in [-0.4, -0.2) is 56.4 Å². The van der Waals surface area contributed by atoms with Gasteiger partial charge in [-0.25, -0.2) is 13.2 Å². The largest absolute Gasteiger partial charge is 0.338 e. The van der Waals surface area contributed by atoms with Crippen molar-refractivity contribution in [3.05, 3.63) is 28.2 Å². The van der Waals surface area contributed by atoms with Gasteiger partial charge in [0.25, 0.3) is 0 Å². The van der Waals surface area contributed by atoms with E-state index in [9.17, 15) is 13.2 Å². The van der Waals surface area contributed by atoms with Gasteiger partial charge in [-0.3, -0.25) is 0 Å². The van der Waals surface area contributed by atoms with E-state index in [1.54, 1.807) is 17.0 Å². The first-order valence-electron chi connectivity index (χ1n) is 8.70. The molecule has 2 amide bonds. The van der Waals surface area contributed by atoms with Gasteiger partial charge in [0.2, 0.25) is 10.0 Å². The fourth-order valence-electron chi connectivity index (χ4n) is 2.77. The van der Waals surface area contributed by atoms with Gasteiger partial charge in [-0.1, -0.05) is 43.1 Å². The van der Waals surface area contributed by atoms with E-state index in [-0.39, 0.29) is 34.1 Å². The first kappa shape index (κ1) is 21.3. The SMILES string of the molecule is CC(C)CCCNC(=O)N1CCN(S(=O)(=O)c2cccc(Cl)c2Cl)CC1. The van der Waals surface area contributed by atoms with Crippen molar-refractivity contribution < 1.29 is 13.2 Å². The number of halogens is 2. The molecule has 1 saturated heterocycles. The van der Waals surface area contributed by atoms with Crippen LogP contribution in [0.4, 0.5) is 4.79 Å². The minimum Gasteiger partial charge on any atom is -0.338 e. The molecule has 0 unspecified atom stereocenters. The minimum absolute atomic E-state index is 0.00162. The third kappa shape index (κ3) is 5.25. The minimum atomic E-state index is -3.74. The van der Waals surface area contributed by atoms with Crippen molar-refractivity contribution in [3.8, 4) is 0 Å². The molecule has 0 aromatic heterocycles. The highest BCUT2D eigenvalue weighted by Gasteiger charge is 2.31. The van der Waals surface area contributed by atoms with Gasteiger partial charge in [-0.05, 0) is 30.9 Å². The number of benzene rings is 1. The van der Waals surface area contributed by atoms with Crippen molar-refractivity contribution in [2.24, 2.45) is 5.92 Å². The normalized spacial score (nSPS) is 16.1. The molecule has 0 radical (unpaired) electrons. The third-order valence-corrected chi connectivity index (χ3v) is 7.17. The van der Waals surface area contributed by atoms with Crippen molar-refractivity contribution in [3.63, 3.8) is 0 Å². The summed E-state index contributed by atoms with van der Waals surface area (Å²) in [4.78, 5) is 13.8. The van der Waals surface area contributed by atoms with E-state index in [4.69, 9.17) is 23.2 Å². The average molecular weight is 422 g/mol. The number of rotatable bonds is 6. The van der Waals surface area contributed by atoms with Crippen LogP contribution in [0.1, 0.15) is 26.7 Å². The van der Waals surface area contributed by atoms with Crippen LogP contribution >= 0.6 is 23.2 Å². The van der Waals surface area contributed by atoms with Crippen molar-refractivity contribution in [1.82, 2.24) is 14.5 Å². The molecular weight excluding hydrogens is 397 g/mol. The quantitative estimate of drug-likeness (QED) is 0.714. The van der Waals surface area contributed by atoms with Crippen LogP contribution in [0, 0.1) is 5.92 Å². The number of urea groups is 1. The van der Waals surface area contributed by atoms with Gasteiger partial charge in [-0.15, -0.1) is 0 Å². The van der Waals surface area contributed by atoms with Crippen LogP contribution in [0.2, 0.25) is 10.0 Å². The van der Waals surface area contributed by atoms with E-state index in [1.165, 1.54) is 10.4 Å². The van der Waals surface area contributed by atoms with Gasteiger partial charge in [-0.2, -0.15) is 4.31 Å². The van der Waals surface area contributed by atoms with Gasteiger partial charge >= 0.3 is 6.03 Å². The lowest BCUT2D eigenvalue weighted by Gasteiger charge is -2.34. The maximum atomic E-state index is 12.8. The predicted molar refractivity (Wildman–Crippen MR) is 104 cm³/mol. The van der Waals surface area contributed by atoms with Crippen LogP contribution in [0.25, 0.3) is 0 Å². The standard InChI is InChI=1S/C17H25Cl2N3O3S/c1-13(2)5-4-8-20-17(23)21-9-11-22(12-10-21)26(24,25)15-7-3-6-14(18)16(15)19/h3,6-7,13H,4-5,8-12H2,1-2H3,(H,20,23). The lowest BCUT2D eigenvalue weighted by molar-refractivity contribution is 0.172. The fourth-order valence-corrected chi connectivity index (χ4v) is 4.93. The van der Waals surface area contributed by atoms with Gasteiger partial charge in [0, 0.05) is 32.7 Å². The molecule has 1 fully saturated rings. The Morgan fingerprint density at radius 3 is 2.46 bits per heavy atom. The molecule has 0 spiro atoms. The summed E-state index contributed by atoms with van der Waals surface area (Å²) in [6.07, 6.45) is 2.00. The second-order valence-corrected chi connectivity index (χ2v) is 9.40. The Labute approximate surface area is 165 Å². The average Bonchev–Trinajstić information content (AvgIpc) is 2.60. The summed E-state index contributed by atoms with van der Waals surface area (Å²) < 4.78 is 26.9. The molecule has 1 aromatic rings. The maximum absolute atomic E-state index is 12.8. The Morgan fingerprint density at radius 2 is 1.85 bits per heavy atom. The van der Waals surface area contributed by atoms with E-state index in [2.05, 4.69) is 19.2 Å². The molecule has 146 valence electrons. The fraction of sp³-hybridized carbons (Fsp3) is 0.588. The summed E-state index contributed by atoms with van der Waals surface area (Å²) in [5.74, 6) is 0.610. The van der Waals surface area contributed by atoms with Gasteiger partial charge < -0.3 is 10.2 Å². The Balaban J connectivity index is 1.91. The number of carbonyl (C=O) groups is 1. The predicted octanol–water partition coefficient (Wildman–Crippen LogP) is 3.45. The van der Waals surface area contributed by atoms with Crippen LogP contribution in [0.5, 0.6) is 0 Å². The Kier molecular flexibility index (Phi) is 7.58. The van der Waals surface area contributed by atoms with E-state index in [1.807, 2.05) is 0 Å². The van der Waals surface area contributed by atoms with Crippen LogP contribution in [-0.2, 0) is 10.0 Å². The summed E-state index contributed by atoms with van der Waals surface area (Å²) in [6.45, 7) is 6.06. The van der Waals surface area contributed by atoms with Crippen LogP contribution in [0.15, 0.2) is 23.1 Å². The Morgan fingerprint density at radius 1 is 1.19 bits per heavy atom. The molecule has 0 atom stereocenters. The second-order valence-electron chi connectivity index (χ2n) is 6.71. The zero-order chi connectivity index (χ0) is 19.3. The molecule has 1 aromatic carbocycles. The number of sulfonamides is 1. The smallest absolute Gasteiger partial charge is 0.317 e. The van der Waals surface area contributed by atoms with Crippen molar-refractivity contribution in [1.29, 1.82) is 0 Å². The number of piperazine rings is 1. The van der Waals surface area contributed by atoms with Crippen molar-refractivity contribution in [2.45, 2.75) is 31.6 Å². The lowest BCUT2D eigenvalue weighted by atomic mass is 10.1. The van der Waals surface area contributed by atoms with Crippen molar-refractivity contribution in [2.75, 3.05) is 32.7 Å². The summed E-state index contributed by atoms with van der Waals surface area (Å²) in [7, 11) is -3.74. The number of hydrogen-bond donors (Lipinski definition) is 1. The van der Waals surface area contributed by atoms with E-state index in [0.29, 0.717) is 25.6 Å². The summed E-state index contributed by atoms with van der Waals surface area (Å²) in [6, 6.07) is 4.40. The number of hydrogen-bond acceptors (Lipinski definition) is 3. The molecule has 0 aliphatic carbocycles. The highest BCUT2D eigenvalue weighted by Crippen LogP contribution is 2.31. The summed E-state index contributed by atoms with van der Waals surface area (Å²) in [5, 5.41) is 3.12. The van der Waals surface area contributed by atoms with Gasteiger partial charge in [0.05, 0.1) is 10.0 Å². The molecule has 0 bridgehead atoms. The zero-order valence-electron chi connectivity index (χ0n) is 15.0. The number of amides is 2. The molecule has 6 nitrogen and oxygen atoms in total. The van der Waals surface area contributed by atoms with E-state index < -0.39 is 10.0 Å². The molecule has 26 heavy (non-hydrogen) atoms. The molecule has 0 saturated carbocycles. The summed E-state index contributed by atoms with van der Waals surface area (Å²) >= 11 is 12.0. The maximum Gasteiger partial charge on any atom is 0.317 e. The van der Waals surface area contributed by atoms with E-state index >= 15 is 0 Å². The highest BCUT2D eigenvalue weighted by atomic mass is 35.5. The molecule has 9 heteroatoms. The monoisotopic (exact) mass is 421 g/mol. The number of nitrogens with zero attached hydrogens (tertiary/aromatic N) is 2. The van der Waals surface area contributed by atoms with Crippen LogP contribution < -0.4 is 5.32 Å². The summed E-state index contributed by atoms with van der Waals surface area (Å²) in [5.41, 5.74) is 0. The topological polar surface area (TPSA) is 69.7 Å². The first-order chi connectivity index (χ1) is 12.2. The zero-order valence-corrected chi connectivity index (χ0v) is 17.4. The third-order valence-electron chi connectivity index (χ3n) is 4.29.